The van der Waals surface area contributed by atoms with E-state index in [1.807, 2.05) is 47.3 Å². The van der Waals surface area contributed by atoms with Crippen LogP contribution in [0.1, 0.15) is 5.56 Å². The number of rotatable bonds is 5. The summed E-state index contributed by atoms with van der Waals surface area (Å²) in [6.45, 7) is 0.717. The van der Waals surface area contributed by atoms with E-state index in [-0.39, 0.29) is 18.2 Å². The summed E-state index contributed by atoms with van der Waals surface area (Å²) >= 11 is 0. The first-order valence-electron chi connectivity index (χ1n) is 9.49. The normalized spacial score (nSPS) is 10.7. The summed E-state index contributed by atoms with van der Waals surface area (Å²) < 4.78 is 7.15. The van der Waals surface area contributed by atoms with Gasteiger partial charge >= 0.3 is 0 Å². The van der Waals surface area contributed by atoms with Gasteiger partial charge in [-0.2, -0.15) is 5.10 Å². The van der Waals surface area contributed by atoms with E-state index in [1.165, 1.54) is 19.0 Å². The van der Waals surface area contributed by atoms with Gasteiger partial charge in [0.2, 0.25) is 0 Å². The van der Waals surface area contributed by atoms with Crippen LogP contribution in [0.2, 0.25) is 0 Å². The van der Waals surface area contributed by atoms with Crippen molar-refractivity contribution in [3.05, 3.63) is 78.8 Å². The first-order valence-corrected chi connectivity index (χ1v) is 9.49. The van der Waals surface area contributed by atoms with Crippen LogP contribution >= 0.6 is 12.4 Å². The summed E-state index contributed by atoms with van der Waals surface area (Å²) in [4.78, 5) is 8.62. The number of phenols is 1. The Hall–Kier alpha value is -3.84. The molecule has 0 saturated heterocycles. The lowest BCUT2D eigenvalue weighted by atomic mass is 10.2. The molecule has 156 valence electrons. The number of phenolic OH excluding ortho intramolecular Hbond substituents is 1. The van der Waals surface area contributed by atoms with Crippen molar-refractivity contribution in [3.8, 4) is 11.5 Å². The van der Waals surface area contributed by atoms with Crippen molar-refractivity contribution < 1.29 is 9.84 Å². The van der Waals surface area contributed by atoms with Crippen LogP contribution in [0.4, 0.5) is 11.5 Å². The third-order valence-electron chi connectivity index (χ3n) is 5.02. The van der Waals surface area contributed by atoms with Crippen molar-refractivity contribution in [2.24, 2.45) is 0 Å². The monoisotopic (exact) mass is 433 g/mol. The number of halogens is 1. The van der Waals surface area contributed by atoms with E-state index in [1.54, 1.807) is 12.1 Å². The van der Waals surface area contributed by atoms with Crippen molar-refractivity contribution in [1.82, 2.24) is 19.7 Å². The molecule has 0 bridgehead atoms. The van der Waals surface area contributed by atoms with Gasteiger partial charge < -0.3 is 15.2 Å². The number of methoxy groups -OCH3 is 1. The standard InChI is InChI=1S/C23H19N5O2.ClH/c1-30-22-11-19-18(10-21(22)29)23(25-14-24-19)27-17-7-8-20-16(9-17)12-26-28(20)13-15-5-3-2-4-6-15;/h2-12,14,29H,13H2,1H3,(H,24,25,27);1H. The van der Waals surface area contributed by atoms with E-state index >= 15 is 0 Å². The van der Waals surface area contributed by atoms with E-state index in [9.17, 15) is 5.11 Å². The molecule has 0 saturated carbocycles. The molecule has 0 aliphatic rings. The molecule has 8 heteroatoms. The zero-order valence-corrected chi connectivity index (χ0v) is 17.5. The Labute approximate surface area is 184 Å². The number of nitrogens with zero attached hydrogens (tertiary/aromatic N) is 4. The molecule has 7 nitrogen and oxygen atoms in total. The minimum absolute atomic E-state index is 0. The van der Waals surface area contributed by atoms with Crippen molar-refractivity contribution in [3.63, 3.8) is 0 Å². The molecule has 0 atom stereocenters. The van der Waals surface area contributed by atoms with Crippen molar-refractivity contribution in [2.75, 3.05) is 12.4 Å². The predicted octanol–water partition coefficient (Wildman–Crippen LogP) is 4.91. The Balaban J connectivity index is 0.00000231. The summed E-state index contributed by atoms with van der Waals surface area (Å²) in [5.74, 6) is 1.02. The van der Waals surface area contributed by atoms with Crippen LogP contribution in [0.25, 0.3) is 21.8 Å². The summed E-state index contributed by atoms with van der Waals surface area (Å²) in [6, 6.07) is 19.6. The van der Waals surface area contributed by atoms with E-state index in [2.05, 4.69) is 32.5 Å². The van der Waals surface area contributed by atoms with Gasteiger partial charge in [0.05, 0.1) is 30.9 Å². The molecular formula is C23H20ClN5O2. The Morgan fingerprint density at radius 3 is 2.68 bits per heavy atom. The number of aromatic nitrogens is 4. The van der Waals surface area contributed by atoms with Gasteiger partial charge in [-0.05, 0) is 29.8 Å². The third-order valence-corrected chi connectivity index (χ3v) is 5.02. The summed E-state index contributed by atoms with van der Waals surface area (Å²) in [5.41, 5.74) is 3.81. The van der Waals surface area contributed by atoms with Gasteiger partial charge in [-0.3, -0.25) is 4.68 Å². The van der Waals surface area contributed by atoms with Gasteiger partial charge in [-0.1, -0.05) is 30.3 Å². The summed E-state index contributed by atoms with van der Waals surface area (Å²) in [5, 5.41) is 19.7. The fourth-order valence-electron chi connectivity index (χ4n) is 3.52. The van der Waals surface area contributed by atoms with Gasteiger partial charge in [0.15, 0.2) is 11.5 Å². The van der Waals surface area contributed by atoms with Crippen molar-refractivity contribution in [1.29, 1.82) is 0 Å². The molecule has 0 aliphatic heterocycles. The first kappa shape index (κ1) is 20.4. The molecule has 0 radical (unpaired) electrons. The minimum atomic E-state index is 0. The van der Waals surface area contributed by atoms with Gasteiger partial charge in [0.25, 0.3) is 0 Å². The third kappa shape index (κ3) is 3.95. The Bertz CT molecular complexity index is 1350. The molecule has 0 aliphatic carbocycles. The summed E-state index contributed by atoms with van der Waals surface area (Å²) in [6.07, 6.45) is 3.34. The number of aromatic hydroxyl groups is 1. The zero-order chi connectivity index (χ0) is 20.5. The molecule has 2 N–H and O–H groups in total. The number of fused-ring (bicyclic) bond motifs is 2. The average Bonchev–Trinajstić information content (AvgIpc) is 3.16. The molecular weight excluding hydrogens is 414 g/mol. The summed E-state index contributed by atoms with van der Waals surface area (Å²) in [7, 11) is 1.51. The van der Waals surface area contributed by atoms with E-state index in [0.717, 1.165) is 23.1 Å². The van der Waals surface area contributed by atoms with Crippen LogP contribution in [0.5, 0.6) is 11.5 Å². The topological polar surface area (TPSA) is 85.1 Å². The zero-order valence-electron chi connectivity index (χ0n) is 16.7. The van der Waals surface area contributed by atoms with Crippen LogP contribution in [-0.2, 0) is 6.54 Å². The van der Waals surface area contributed by atoms with Crippen LogP contribution < -0.4 is 10.1 Å². The van der Waals surface area contributed by atoms with Gasteiger partial charge in [-0.15, -0.1) is 12.4 Å². The van der Waals surface area contributed by atoms with E-state index in [4.69, 9.17) is 4.74 Å². The average molecular weight is 434 g/mol. The maximum Gasteiger partial charge on any atom is 0.162 e. The molecule has 0 fully saturated rings. The van der Waals surface area contributed by atoms with Crippen molar-refractivity contribution in [2.45, 2.75) is 6.54 Å². The molecule has 3 aromatic carbocycles. The molecule has 0 spiro atoms. The number of hydrogen-bond acceptors (Lipinski definition) is 6. The first-order chi connectivity index (χ1) is 14.7. The SMILES string of the molecule is COc1cc2ncnc(Nc3ccc4c(cnn4Cc4ccccc4)c3)c2cc1O.Cl. The molecule has 5 rings (SSSR count). The maximum atomic E-state index is 10.1. The smallest absolute Gasteiger partial charge is 0.162 e. The molecule has 31 heavy (non-hydrogen) atoms. The number of nitrogens with one attached hydrogen (secondary N) is 1. The van der Waals surface area contributed by atoms with Crippen LogP contribution in [0, 0.1) is 0 Å². The second-order valence-electron chi connectivity index (χ2n) is 6.95. The lowest BCUT2D eigenvalue weighted by Crippen LogP contribution is -2.01. The minimum Gasteiger partial charge on any atom is -0.504 e. The Morgan fingerprint density at radius 1 is 1.03 bits per heavy atom. The quantitative estimate of drug-likeness (QED) is 0.409. The van der Waals surface area contributed by atoms with Crippen LogP contribution in [0.15, 0.2) is 73.2 Å². The van der Waals surface area contributed by atoms with E-state index < -0.39 is 0 Å². The highest BCUT2D eigenvalue weighted by atomic mass is 35.5. The van der Waals surface area contributed by atoms with Gasteiger partial charge in [0.1, 0.15) is 12.1 Å². The van der Waals surface area contributed by atoms with Crippen LogP contribution in [0.3, 0.4) is 0 Å². The Kier molecular flexibility index (Phi) is 5.60. The van der Waals surface area contributed by atoms with Gasteiger partial charge in [-0.25, -0.2) is 9.97 Å². The fraction of sp³-hybridized carbons (Fsp3) is 0.0870. The maximum absolute atomic E-state index is 10.1. The van der Waals surface area contributed by atoms with E-state index in [0.29, 0.717) is 22.5 Å². The molecule has 5 aromatic rings. The second kappa shape index (κ2) is 8.49. The second-order valence-corrected chi connectivity index (χ2v) is 6.95. The fourth-order valence-corrected chi connectivity index (χ4v) is 3.52. The molecule has 0 amide bonds. The van der Waals surface area contributed by atoms with Crippen LogP contribution in [-0.4, -0.2) is 32.0 Å². The molecule has 0 unspecified atom stereocenters. The number of ether oxygens (including phenoxy) is 1. The lowest BCUT2D eigenvalue weighted by Gasteiger charge is -2.11. The molecule has 2 heterocycles. The highest BCUT2D eigenvalue weighted by Crippen LogP contribution is 2.34. The highest BCUT2D eigenvalue weighted by Gasteiger charge is 2.11. The number of benzene rings is 3. The largest absolute Gasteiger partial charge is 0.504 e. The van der Waals surface area contributed by atoms with Crippen molar-refractivity contribution >= 4 is 45.7 Å². The lowest BCUT2D eigenvalue weighted by molar-refractivity contribution is 0.374. The van der Waals surface area contributed by atoms with Gasteiger partial charge in [0, 0.05) is 22.5 Å². The highest BCUT2D eigenvalue weighted by molar-refractivity contribution is 5.94. The molecule has 2 aromatic heterocycles. The predicted molar refractivity (Wildman–Crippen MR) is 124 cm³/mol. The number of hydrogen-bond donors (Lipinski definition) is 2. The number of anilines is 2. The Morgan fingerprint density at radius 2 is 1.87 bits per heavy atom.